The van der Waals surface area contributed by atoms with Crippen molar-refractivity contribution in [2.24, 2.45) is 17.8 Å². The van der Waals surface area contributed by atoms with Crippen molar-refractivity contribution >= 4 is 33.3 Å². The van der Waals surface area contributed by atoms with E-state index in [2.05, 4.69) is 20.6 Å². The average molecular weight is 519 g/mol. The van der Waals surface area contributed by atoms with Crippen LogP contribution in [-0.2, 0) is 0 Å². The van der Waals surface area contributed by atoms with Crippen LogP contribution in [-0.4, -0.2) is 44.4 Å². The molecular weight excluding hydrogens is 492 g/mol. The van der Waals surface area contributed by atoms with Gasteiger partial charge in [0.2, 0.25) is 11.9 Å². The van der Waals surface area contributed by atoms with E-state index in [-0.39, 0.29) is 24.8 Å². The van der Waals surface area contributed by atoms with Crippen molar-refractivity contribution in [3.8, 4) is 10.6 Å². The summed E-state index contributed by atoms with van der Waals surface area (Å²) in [6.45, 7) is 2.24. The maximum Gasteiger partial charge on any atom is 0.254 e. The fourth-order valence-corrected chi connectivity index (χ4v) is 7.01. The molecule has 4 saturated carbocycles. The Bertz CT molecular complexity index is 1330. The van der Waals surface area contributed by atoms with Gasteiger partial charge in [0.15, 0.2) is 0 Å². The largest absolute Gasteiger partial charge is 0.367 e. The molecule has 0 aromatic carbocycles. The summed E-state index contributed by atoms with van der Waals surface area (Å²) in [5.41, 5.74) is 3.38. The normalized spacial score (nSPS) is 28.1. The number of halogens is 4. The van der Waals surface area contributed by atoms with Gasteiger partial charge in [-0.1, -0.05) is 0 Å². The first-order valence-corrected chi connectivity index (χ1v) is 13.4. The summed E-state index contributed by atoms with van der Waals surface area (Å²) >= 11 is 1.55. The van der Waals surface area contributed by atoms with E-state index >= 15 is 0 Å². The molecule has 4 aliphatic rings. The summed E-state index contributed by atoms with van der Waals surface area (Å²) in [5.74, 6) is -5.01. The second-order valence-corrected chi connectivity index (χ2v) is 11.9. The number of alkyl halides is 4. The molecule has 2 unspecified atom stereocenters. The SMILES string of the molecule is Cc1nc(NCC2CC(F)(F)C2)nc(NC2CC3[C@H](C2)C3(F)F)c1-c1nc2c(C3CC3)nccc2s1. The van der Waals surface area contributed by atoms with Crippen LogP contribution >= 0.6 is 11.3 Å². The predicted molar refractivity (Wildman–Crippen MR) is 130 cm³/mol. The number of aryl methyl sites for hydroxylation is 1. The van der Waals surface area contributed by atoms with Crippen LogP contribution in [0.2, 0.25) is 0 Å². The highest BCUT2D eigenvalue weighted by molar-refractivity contribution is 7.21. The first-order chi connectivity index (χ1) is 17.2. The quantitative estimate of drug-likeness (QED) is 0.360. The summed E-state index contributed by atoms with van der Waals surface area (Å²) in [5, 5.41) is 7.30. The molecule has 0 spiro atoms. The Balaban J connectivity index is 1.21. The van der Waals surface area contributed by atoms with Crippen molar-refractivity contribution in [1.29, 1.82) is 0 Å². The zero-order chi connectivity index (χ0) is 24.8. The summed E-state index contributed by atoms with van der Waals surface area (Å²) < 4.78 is 55.1. The van der Waals surface area contributed by atoms with E-state index in [1.54, 1.807) is 11.3 Å². The highest BCUT2D eigenvalue weighted by Gasteiger charge is 2.71. The topological polar surface area (TPSA) is 75.6 Å². The number of hydrogen-bond acceptors (Lipinski definition) is 7. The van der Waals surface area contributed by atoms with Gasteiger partial charge in [-0.15, -0.1) is 11.3 Å². The maximum atomic E-state index is 13.8. The number of nitrogens with zero attached hydrogens (tertiary/aromatic N) is 4. The smallest absolute Gasteiger partial charge is 0.254 e. The number of hydrogen-bond donors (Lipinski definition) is 2. The molecule has 2 N–H and O–H groups in total. The molecule has 6 nitrogen and oxygen atoms in total. The number of nitrogens with one attached hydrogen (secondary N) is 2. The Labute approximate surface area is 209 Å². The Hall–Kier alpha value is -2.56. The van der Waals surface area contributed by atoms with E-state index in [1.807, 2.05) is 19.2 Å². The molecule has 11 heteroatoms. The number of aromatic nitrogens is 4. The van der Waals surface area contributed by atoms with E-state index in [0.717, 1.165) is 39.3 Å². The van der Waals surface area contributed by atoms with E-state index in [4.69, 9.17) is 9.97 Å². The zero-order valence-corrected chi connectivity index (χ0v) is 20.5. The van der Waals surface area contributed by atoms with Crippen molar-refractivity contribution in [2.75, 3.05) is 17.2 Å². The predicted octanol–water partition coefficient (Wildman–Crippen LogP) is 6.25. The fourth-order valence-electron chi connectivity index (χ4n) is 5.94. The van der Waals surface area contributed by atoms with Crippen molar-refractivity contribution in [3.05, 3.63) is 23.7 Å². The molecule has 0 aliphatic heterocycles. The summed E-state index contributed by atoms with van der Waals surface area (Å²) in [6.07, 6.45) is 4.59. The Morgan fingerprint density at radius 2 is 1.81 bits per heavy atom. The molecule has 4 fully saturated rings. The number of thiazole rings is 1. The van der Waals surface area contributed by atoms with Crippen molar-refractivity contribution < 1.29 is 17.6 Å². The van der Waals surface area contributed by atoms with Gasteiger partial charge in [-0.25, -0.2) is 27.5 Å². The Morgan fingerprint density at radius 3 is 2.50 bits per heavy atom. The standard InChI is InChI=1S/C25H26F4N6S/c1-11-18(22-34-20-17(36-22)4-5-30-19(20)13-2-3-13)21(33-14-6-15-16(7-14)25(15,28)29)35-23(32-11)31-10-12-8-24(26,27)9-12/h4-5,12-16H,2-3,6-10H2,1H3,(H2,31,32,33,35)/t14?,15-,16?/m0/s1. The lowest BCUT2D eigenvalue weighted by atomic mass is 9.81. The highest BCUT2D eigenvalue weighted by Crippen LogP contribution is 2.64. The lowest BCUT2D eigenvalue weighted by Gasteiger charge is -2.34. The van der Waals surface area contributed by atoms with Crippen LogP contribution in [0.4, 0.5) is 29.3 Å². The molecule has 0 radical (unpaired) electrons. The molecule has 0 amide bonds. The van der Waals surface area contributed by atoms with Gasteiger partial charge in [0.05, 0.1) is 21.7 Å². The number of rotatable bonds is 7. The third-order valence-electron chi connectivity index (χ3n) is 8.11. The third kappa shape index (κ3) is 3.81. The van der Waals surface area contributed by atoms with Crippen LogP contribution in [0.5, 0.6) is 0 Å². The third-order valence-corrected chi connectivity index (χ3v) is 9.15. The van der Waals surface area contributed by atoms with Gasteiger partial charge in [-0.2, -0.15) is 4.98 Å². The lowest BCUT2D eigenvalue weighted by molar-refractivity contribution is -0.106. The van der Waals surface area contributed by atoms with E-state index < -0.39 is 23.7 Å². The second kappa shape index (κ2) is 7.72. The van der Waals surface area contributed by atoms with Crippen LogP contribution < -0.4 is 10.6 Å². The van der Waals surface area contributed by atoms with Gasteiger partial charge in [0.25, 0.3) is 5.92 Å². The van der Waals surface area contributed by atoms with E-state index in [9.17, 15) is 17.6 Å². The summed E-state index contributed by atoms with van der Waals surface area (Å²) in [7, 11) is 0. The van der Waals surface area contributed by atoms with Crippen LogP contribution in [0.25, 0.3) is 20.8 Å². The lowest BCUT2D eigenvalue weighted by Crippen LogP contribution is -2.39. The molecule has 3 atom stereocenters. The summed E-state index contributed by atoms with van der Waals surface area (Å²) in [4.78, 5) is 18.8. The zero-order valence-electron chi connectivity index (χ0n) is 19.7. The number of pyridine rings is 1. The molecule has 4 aliphatic carbocycles. The fraction of sp³-hybridized carbons (Fsp3) is 0.600. The molecule has 7 rings (SSSR count). The molecule has 190 valence electrons. The maximum absolute atomic E-state index is 13.8. The summed E-state index contributed by atoms with van der Waals surface area (Å²) in [6, 6.07) is 1.85. The van der Waals surface area contributed by atoms with Crippen LogP contribution in [0.3, 0.4) is 0 Å². The van der Waals surface area contributed by atoms with Gasteiger partial charge < -0.3 is 10.6 Å². The van der Waals surface area contributed by atoms with E-state index in [0.29, 0.717) is 42.8 Å². The van der Waals surface area contributed by atoms with Crippen LogP contribution in [0.1, 0.15) is 55.8 Å². The number of fused-ring (bicyclic) bond motifs is 2. The average Bonchev–Trinajstić information content (AvgIpc) is 3.57. The first-order valence-electron chi connectivity index (χ1n) is 12.6. The number of anilines is 2. The van der Waals surface area contributed by atoms with Gasteiger partial charge in [0, 0.05) is 49.4 Å². The van der Waals surface area contributed by atoms with Crippen molar-refractivity contribution in [3.63, 3.8) is 0 Å². The minimum absolute atomic E-state index is 0.107. The van der Waals surface area contributed by atoms with E-state index in [1.165, 1.54) is 0 Å². The molecule has 36 heavy (non-hydrogen) atoms. The Kier molecular flexibility index (Phi) is 4.85. The molecule has 3 heterocycles. The van der Waals surface area contributed by atoms with Gasteiger partial charge in [-0.3, -0.25) is 4.98 Å². The van der Waals surface area contributed by atoms with Gasteiger partial charge in [0.1, 0.15) is 16.3 Å². The molecule has 0 bridgehead atoms. The minimum Gasteiger partial charge on any atom is -0.367 e. The van der Waals surface area contributed by atoms with Crippen molar-refractivity contribution in [2.45, 2.75) is 69.3 Å². The van der Waals surface area contributed by atoms with Gasteiger partial charge in [-0.05, 0) is 44.6 Å². The minimum atomic E-state index is -2.58. The van der Waals surface area contributed by atoms with Crippen molar-refractivity contribution in [1.82, 2.24) is 19.9 Å². The van der Waals surface area contributed by atoms with Crippen LogP contribution in [0.15, 0.2) is 12.3 Å². The van der Waals surface area contributed by atoms with Gasteiger partial charge >= 0.3 is 0 Å². The highest BCUT2D eigenvalue weighted by atomic mass is 32.1. The molecule has 0 saturated heterocycles. The van der Waals surface area contributed by atoms with Crippen LogP contribution in [0, 0.1) is 24.7 Å². The second-order valence-electron chi connectivity index (χ2n) is 10.9. The monoisotopic (exact) mass is 518 g/mol. The first kappa shape index (κ1) is 22.6. The Morgan fingerprint density at radius 1 is 1.06 bits per heavy atom. The molecule has 3 aromatic rings. The molecule has 3 aromatic heterocycles. The molecular formula is C25H26F4N6S.